The van der Waals surface area contributed by atoms with Crippen LogP contribution in [0.2, 0.25) is 0 Å². The molecule has 28 heavy (non-hydrogen) atoms. The number of benzene rings is 2. The maximum atomic E-state index is 12.4. The quantitative estimate of drug-likeness (QED) is 0.620. The number of carbonyl (C=O) groups is 2. The van der Waals surface area contributed by atoms with Gasteiger partial charge in [-0.2, -0.15) is 5.26 Å². The van der Waals surface area contributed by atoms with Crippen LogP contribution in [0.1, 0.15) is 31.7 Å². The lowest BCUT2D eigenvalue weighted by molar-refractivity contribution is -0.149. The van der Waals surface area contributed by atoms with Crippen molar-refractivity contribution >= 4 is 17.6 Å². The van der Waals surface area contributed by atoms with Crippen LogP contribution in [0.25, 0.3) is 0 Å². The van der Waals surface area contributed by atoms with E-state index in [1.54, 1.807) is 36.4 Å². The molecule has 0 radical (unpaired) electrons. The van der Waals surface area contributed by atoms with Gasteiger partial charge in [-0.05, 0) is 35.7 Å². The van der Waals surface area contributed by atoms with Gasteiger partial charge < -0.3 is 14.4 Å². The Labute approximate surface area is 165 Å². The van der Waals surface area contributed by atoms with Crippen LogP contribution in [0.15, 0.2) is 54.6 Å². The zero-order valence-corrected chi connectivity index (χ0v) is 16.1. The highest BCUT2D eigenvalue weighted by atomic mass is 16.6. The fourth-order valence-corrected chi connectivity index (χ4v) is 2.52. The van der Waals surface area contributed by atoms with Crippen molar-refractivity contribution in [3.8, 4) is 11.8 Å². The standard InChI is InChI=1S/C22H24N2O4/c1-17(2)18-9-11-20(12-10-18)27-16-22(26)28-15-21(25)24(14-6-13-23)19-7-4-3-5-8-19/h3-5,7-12,17H,6,14-16H2,1-2H3. The molecule has 1 amide bonds. The molecule has 146 valence electrons. The van der Waals surface area contributed by atoms with Gasteiger partial charge in [-0.15, -0.1) is 0 Å². The first-order valence-electron chi connectivity index (χ1n) is 9.12. The first-order valence-corrected chi connectivity index (χ1v) is 9.12. The smallest absolute Gasteiger partial charge is 0.344 e. The van der Waals surface area contributed by atoms with Crippen molar-refractivity contribution in [3.63, 3.8) is 0 Å². The molecule has 0 saturated heterocycles. The summed E-state index contributed by atoms with van der Waals surface area (Å²) in [6.45, 7) is 3.74. The van der Waals surface area contributed by atoms with Crippen molar-refractivity contribution in [1.29, 1.82) is 5.26 Å². The van der Waals surface area contributed by atoms with Gasteiger partial charge in [0.1, 0.15) is 5.75 Å². The van der Waals surface area contributed by atoms with E-state index in [-0.39, 0.29) is 19.6 Å². The Hall–Kier alpha value is -3.33. The molecule has 2 rings (SSSR count). The zero-order valence-electron chi connectivity index (χ0n) is 16.1. The summed E-state index contributed by atoms with van der Waals surface area (Å²) in [4.78, 5) is 25.8. The van der Waals surface area contributed by atoms with Gasteiger partial charge in [0.05, 0.1) is 12.5 Å². The summed E-state index contributed by atoms with van der Waals surface area (Å²) in [5, 5.41) is 8.80. The molecule has 6 heteroatoms. The number of hydrogen-bond acceptors (Lipinski definition) is 5. The van der Waals surface area contributed by atoms with E-state index in [2.05, 4.69) is 13.8 Å². The number of esters is 1. The van der Waals surface area contributed by atoms with Crippen LogP contribution in [0.3, 0.4) is 0 Å². The van der Waals surface area contributed by atoms with Crippen LogP contribution >= 0.6 is 0 Å². The molecular formula is C22H24N2O4. The number of anilines is 1. The molecule has 0 heterocycles. The highest BCUT2D eigenvalue weighted by Crippen LogP contribution is 2.18. The first-order chi connectivity index (χ1) is 13.5. The summed E-state index contributed by atoms with van der Waals surface area (Å²) >= 11 is 0. The largest absolute Gasteiger partial charge is 0.482 e. The van der Waals surface area contributed by atoms with Crippen LogP contribution in [0.4, 0.5) is 5.69 Å². The Kier molecular flexibility index (Phi) is 8.04. The van der Waals surface area contributed by atoms with E-state index in [1.807, 2.05) is 24.3 Å². The van der Waals surface area contributed by atoms with Gasteiger partial charge >= 0.3 is 5.97 Å². The maximum Gasteiger partial charge on any atom is 0.344 e. The third-order valence-electron chi connectivity index (χ3n) is 4.08. The van der Waals surface area contributed by atoms with Gasteiger partial charge in [0.15, 0.2) is 13.2 Å². The van der Waals surface area contributed by atoms with Crippen LogP contribution in [-0.2, 0) is 14.3 Å². The fourth-order valence-electron chi connectivity index (χ4n) is 2.52. The molecule has 0 N–H and O–H groups in total. The lowest BCUT2D eigenvalue weighted by Gasteiger charge is -2.21. The first kappa shape index (κ1) is 21.0. The van der Waals surface area contributed by atoms with Crippen molar-refractivity contribution < 1.29 is 19.1 Å². The monoisotopic (exact) mass is 380 g/mol. The average molecular weight is 380 g/mol. The predicted molar refractivity (Wildman–Crippen MR) is 106 cm³/mol. The van der Waals surface area contributed by atoms with Gasteiger partial charge in [0, 0.05) is 12.2 Å². The molecule has 0 aliphatic rings. The SMILES string of the molecule is CC(C)c1ccc(OCC(=O)OCC(=O)N(CCC#N)c2ccccc2)cc1. The minimum absolute atomic E-state index is 0.185. The highest BCUT2D eigenvalue weighted by Gasteiger charge is 2.17. The molecule has 0 aromatic heterocycles. The molecular weight excluding hydrogens is 356 g/mol. The Morgan fingerprint density at radius 2 is 1.71 bits per heavy atom. The van der Waals surface area contributed by atoms with Crippen molar-refractivity contribution in [1.82, 2.24) is 0 Å². The van der Waals surface area contributed by atoms with E-state index in [0.29, 0.717) is 17.4 Å². The minimum atomic E-state index is -0.630. The second-order valence-corrected chi connectivity index (χ2v) is 6.46. The Bertz CT molecular complexity index is 811. The van der Waals surface area contributed by atoms with E-state index >= 15 is 0 Å². The van der Waals surface area contributed by atoms with Crippen molar-refractivity contribution in [3.05, 3.63) is 60.2 Å². The van der Waals surface area contributed by atoms with Gasteiger partial charge in [-0.1, -0.05) is 44.2 Å². The number of nitrogens with zero attached hydrogens (tertiary/aromatic N) is 2. The third kappa shape index (κ3) is 6.44. The second-order valence-electron chi connectivity index (χ2n) is 6.46. The highest BCUT2D eigenvalue weighted by molar-refractivity contribution is 5.95. The molecule has 0 spiro atoms. The number of para-hydroxylation sites is 1. The molecule has 6 nitrogen and oxygen atoms in total. The Morgan fingerprint density at radius 1 is 1.04 bits per heavy atom. The summed E-state index contributed by atoms with van der Waals surface area (Å²) in [6.07, 6.45) is 0.185. The summed E-state index contributed by atoms with van der Waals surface area (Å²) < 4.78 is 10.4. The summed E-state index contributed by atoms with van der Waals surface area (Å²) in [6, 6.07) is 18.5. The number of nitriles is 1. The van der Waals surface area contributed by atoms with E-state index < -0.39 is 18.5 Å². The molecule has 0 atom stereocenters. The number of ether oxygens (including phenoxy) is 2. The minimum Gasteiger partial charge on any atom is -0.482 e. The number of carbonyl (C=O) groups excluding carboxylic acids is 2. The lowest BCUT2D eigenvalue weighted by Crippen LogP contribution is -2.36. The van der Waals surface area contributed by atoms with Crippen molar-refractivity contribution in [2.24, 2.45) is 0 Å². The second kappa shape index (κ2) is 10.7. The average Bonchev–Trinajstić information content (AvgIpc) is 2.72. The predicted octanol–water partition coefficient (Wildman–Crippen LogP) is 3.68. The Morgan fingerprint density at radius 3 is 2.32 bits per heavy atom. The number of rotatable bonds is 9. The molecule has 0 unspecified atom stereocenters. The van der Waals surface area contributed by atoms with Crippen LogP contribution in [-0.4, -0.2) is 31.6 Å². The molecule has 0 aliphatic carbocycles. The maximum absolute atomic E-state index is 12.4. The van der Waals surface area contributed by atoms with Gasteiger partial charge in [-0.25, -0.2) is 4.79 Å². The number of amides is 1. The normalized spacial score (nSPS) is 10.2. The van der Waals surface area contributed by atoms with Crippen LogP contribution < -0.4 is 9.64 Å². The van der Waals surface area contributed by atoms with Crippen LogP contribution in [0, 0.1) is 11.3 Å². The molecule has 0 fully saturated rings. The Balaban J connectivity index is 1.84. The molecule has 2 aromatic carbocycles. The van der Waals surface area contributed by atoms with Crippen molar-refractivity contribution in [2.45, 2.75) is 26.2 Å². The van der Waals surface area contributed by atoms with Crippen LogP contribution in [0.5, 0.6) is 5.75 Å². The van der Waals surface area contributed by atoms with Gasteiger partial charge in [0.2, 0.25) is 0 Å². The molecule has 0 bridgehead atoms. The van der Waals surface area contributed by atoms with Crippen molar-refractivity contribution in [2.75, 3.05) is 24.7 Å². The molecule has 0 saturated carbocycles. The topological polar surface area (TPSA) is 79.6 Å². The lowest BCUT2D eigenvalue weighted by atomic mass is 10.0. The van der Waals surface area contributed by atoms with E-state index in [9.17, 15) is 9.59 Å². The summed E-state index contributed by atoms with van der Waals surface area (Å²) in [7, 11) is 0. The van der Waals surface area contributed by atoms with E-state index in [0.717, 1.165) is 0 Å². The molecule has 2 aromatic rings. The third-order valence-corrected chi connectivity index (χ3v) is 4.08. The van der Waals surface area contributed by atoms with E-state index in [4.69, 9.17) is 14.7 Å². The summed E-state index contributed by atoms with van der Waals surface area (Å²) in [5.41, 5.74) is 1.83. The van der Waals surface area contributed by atoms with E-state index in [1.165, 1.54) is 10.5 Å². The summed E-state index contributed by atoms with van der Waals surface area (Å²) in [5.74, 6) is -0.0445. The fraction of sp³-hybridized carbons (Fsp3) is 0.318. The van der Waals surface area contributed by atoms with Gasteiger partial charge in [-0.3, -0.25) is 4.79 Å². The van der Waals surface area contributed by atoms with Gasteiger partial charge in [0.25, 0.3) is 5.91 Å². The molecule has 0 aliphatic heterocycles. The zero-order chi connectivity index (χ0) is 20.4. The number of hydrogen-bond donors (Lipinski definition) is 0.